The minimum atomic E-state index is -0.513. The van der Waals surface area contributed by atoms with Gasteiger partial charge in [0.25, 0.3) is 0 Å². The lowest BCUT2D eigenvalue weighted by Gasteiger charge is -2.32. The topological polar surface area (TPSA) is 66.6 Å². The van der Waals surface area contributed by atoms with Crippen LogP contribution in [0.15, 0.2) is 12.1 Å². The summed E-state index contributed by atoms with van der Waals surface area (Å²) in [6.45, 7) is 9.53. The summed E-state index contributed by atoms with van der Waals surface area (Å²) >= 11 is 0. The monoisotopic (exact) mass is 276 g/mol. The quantitative estimate of drug-likeness (QED) is 0.819. The summed E-state index contributed by atoms with van der Waals surface area (Å²) in [5, 5.41) is 0. The molecule has 2 aliphatic heterocycles. The average molecular weight is 276 g/mol. The number of anilines is 1. The smallest absolute Gasteiger partial charge is 0.398 e. The first kappa shape index (κ1) is 13.9. The maximum absolute atomic E-state index is 6.05. The Balaban J connectivity index is 1.90. The van der Waals surface area contributed by atoms with Crippen molar-refractivity contribution in [2.24, 2.45) is 0 Å². The molecule has 2 saturated heterocycles. The summed E-state index contributed by atoms with van der Waals surface area (Å²) in [4.78, 5) is 4.65. The molecule has 1 aromatic heterocycles. The number of pyridine rings is 1. The lowest BCUT2D eigenvalue weighted by atomic mass is 9.82. The van der Waals surface area contributed by atoms with Crippen LogP contribution in [0.1, 0.15) is 39.3 Å². The van der Waals surface area contributed by atoms with Crippen molar-refractivity contribution in [3.63, 3.8) is 0 Å². The minimum absolute atomic E-state index is 0.358. The fourth-order valence-corrected chi connectivity index (χ4v) is 2.28. The average Bonchev–Trinajstić information content (AvgIpc) is 2.48. The van der Waals surface area contributed by atoms with Gasteiger partial charge in [-0.1, -0.05) is 0 Å². The maximum atomic E-state index is 6.05. The van der Waals surface area contributed by atoms with E-state index in [2.05, 4.69) is 4.98 Å². The van der Waals surface area contributed by atoms with Crippen LogP contribution >= 0.6 is 0 Å². The first-order chi connectivity index (χ1) is 9.30. The van der Waals surface area contributed by atoms with Gasteiger partial charge in [0.15, 0.2) is 0 Å². The van der Waals surface area contributed by atoms with Gasteiger partial charge in [-0.2, -0.15) is 0 Å². The molecule has 2 fully saturated rings. The van der Waals surface area contributed by atoms with Crippen LogP contribution in [-0.2, 0) is 14.0 Å². The largest absolute Gasteiger partial charge is 0.516 e. The predicted molar refractivity (Wildman–Crippen MR) is 77.9 cm³/mol. The molecular weight excluding hydrogens is 255 g/mol. The highest BCUT2D eigenvalue weighted by atomic mass is 16.7. The fraction of sp³-hybridized carbons (Fsp3) is 0.643. The molecule has 0 bridgehead atoms. The number of hydrogen-bond acceptors (Lipinski definition) is 5. The van der Waals surface area contributed by atoms with Gasteiger partial charge in [0, 0.05) is 17.3 Å². The fourth-order valence-electron chi connectivity index (χ4n) is 2.28. The second-order valence-corrected chi connectivity index (χ2v) is 6.53. The highest BCUT2D eigenvalue weighted by Crippen LogP contribution is 2.36. The van der Waals surface area contributed by atoms with Crippen LogP contribution in [0.4, 0.5) is 5.69 Å². The molecule has 3 heterocycles. The second-order valence-electron chi connectivity index (χ2n) is 6.53. The zero-order valence-corrected chi connectivity index (χ0v) is 12.5. The molecule has 0 spiro atoms. The number of hydrogen-bond donors (Lipinski definition) is 1. The molecule has 2 N–H and O–H groups in total. The Bertz CT molecular complexity index is 513. The van der Waals surface area contributed by atoms with E-state index in [1.165, 1.54) is 0 Å². The number of nitrogen functional groups attached to an aromatic ring is 1. The third-order valence-electron chi connectivity index (χ3n) is 4.51. The van der Waals surface area contributed by atoms with E-state index >= 15 is 0 Å². The Hall–Kier alpha value is -1.11. The molecule has 6 heteroatoms. The van der Waals surface area contributed by atoms with Crippen molar-refractivity contribution >= 4 is 18.4 Å². The van der Waals surface area contributed by atoms with Gasteiger partial charge in [-0.15, -0.1) is 0 Å². The van der Waals surface area contributed by atoms with Gasteiger partial charge < -0.3 is 19.8 Å². The summed E-state index contributed by atoms with van der Waals surface area (Å²) in [6.07, 6.45) is 0. The zero-order valence-electron chi connectivity index (χ0n) is 12.5. The van der Waals surface area contributed by atoms with Crippen LogP contribution in [0.2, 0.25) is 0 Å². The minimum Gasteiger partial charge on any atom is -0.398 e. The number of aromatic nitrogens is 1. The molecule has 2 aliphatic rings. The highest BCUT2D eigenvalue weighted by molar-refractivity contribution is 6.62. The zero-order chi connectivity index (χ0) is 14.5. The van der Waals surface area contributed by atoms with Crippen LogP contribution < -0.4 is 11.3 Å². The summed E-state index contributed by atoms with van der Waals surface area (Å²) in [6, 6.07) is 3.83. The van der Waals surface area contributed by atoms with Crippen molar-refractivity contribution in [1.29, 1.82) is 0 Å². The molecule has 0 radical (unpaired) electrons. The summed E-state index contributed by atoms with van der Waals surface area (Å²) < 4.78 is 17.3. The maximum Gasteiger partial charge on any atom is 0.516 e. The van der Waals surface area contributed by atoms with Crippen molar-refractivity contribution in [3.8, 4) is 0 Å². The highest BCUT2D eigenvalue weighted by Gasteiger charge is 2.53. The van der Waals surface area contributed by atoms with E-state index in [-0.39, 0.29) is 11.2 Å². The number of ether oxygens (including phenoxy) is 1. The molecule has 1 aromatic rings. The van der Waals surface area contributed by atoms with E-state index in [1.807, 2.05) is 39.8 Å². The molecule has 108 valence electrons. The predicted octanol–water partition coefficient (Wildman–Crippen LogP) is 1.08. The Morgan fingerprint density at radius 3 is 2.25 bits per heavy atom. The summed E-state index contributed by atoms with van der Waals surface area (Å²) in [5.74, 6) is 0.358. The van der Waals surface area contributed by atoms with Gasteiger partial charge >= 0.3 is 7.12 Å². The second kappa shape index (κ2) is 4.45. The molecule has 5 nitrogen and oxygen atoms in total. The molecule has 0 atom stereocenters. The normalized spacial score (nSPS) is 24.7. The standard InChI is InChI=1S/C14H21BN2O3/c1-13(2)14(3,4)20-15(19-13)12-10(16)5-6-11(17-12)9-7-18-8-9/h5-6,9H,7-8,16H2,1-4H3. The van der Waals surface area contributed by atoms with Gasteiger partial charge in [0.2, 0.25) is 0 Å². The third-order valence-corrected chi connectivity index (χ3v) is 4.51. The van der Waals surface area contributed by atoms with Crippen molar-refractivity contribution in [2.75, 3.05) is 18.9 Å². The SMILES string of the molecule is CC1(C)OB(c2nc(C3COC3)ccc2N)OC1(C)C. The van der Waals surface area contributed by atoms with Crippen LogP contribution in [0, 0.1) is 0 Å². The van der Waals surface area contributed by atoms with E-state index < -0.39 is 7.12 Å². The molecule has 0 aromatic carbocycles. The van der Waals surface area contributed by atoms with Crippen LogP contribution in [0.5, 0.6) is 0 Å². The Kier molecular flexibility index (Phi) is 3.08. The molecule has 0 unspecified atom stereocenters. The van der Waals surface area contributed by atoms with Crippen LogP contribution in [0.3, 0.4) is 0 Å². The number of nitrogens with zero attached hydrogens (tertiary/aromatic N) is 1. The van der Waals surface area contributed by atoms with Gasteiger partial charge in [-0.05, 0) is 39.8 Å². The van der Waals surface area contributed by atoms with Crippen LogP contribution in [-0.4, -0.2) is 36.5 Å². The molecule has 0 amide bonds. The lowest BCUT2D eigenvalue weighted by molar-refractivity contribution is 0.00578. The molecule has 20 heavy (non-hydrogen) atoms. The van der Waals surface area contributed by atoms with E-state index in [9.17, 15) is 0 Å². The van der Waals surface area contributed by atoms with Gasteiger partial charge in [-0.3, -0.25) is 4.98 Å². The molecular formula is C14H21BN2O3. The Morgan fingerprint density at radius 1 is 1.15 bits per heavy atom. The molecule has 0 saturated carbocycles. The summed E-state index contributed by atoms with van der Waals surface area (Å²) in [7, 11) is -0.513. The molecule has 3 rings (SSSR count). The lowest BCUT2D eigenvalue weighted by Crippen LogP contribution is -2.41. The van der Waals surface area contributed by atoms with Crippen molar-refractivity contribution < 1.29 is 14.0 Å². The van der Waals surface area contributed by atoms with E-state index in [4.69, 9.17) is 19.8 Å². The van der Waals surface area contributed by atoms with E-state index in [1.54, 1.807) is 0 Å². The van der Waals surface area contributed by atoms with E-state index in [0.29, 0.717) is 17.2 Å². The van der Waals surface area contributed by atoms with Crippen molar-refractivity contribution in [3.05, 3.63) is 17.8 Å². The van der Waals surface area contributed by atoms with Crippen molar-refractivity contribution in [2.45, 2.75) is 44.8 Å². The summed E-state index contributed by atoms with van der Waals surface area (Å²) in [5.41, 5.74) is 7.55. The van der Waals surface area contributed by atoms with Gasteiger partial charge in [-0.25, -0.2) is 0 Å². The van der Waals surface area contributed by atoms with Crippen LogP contribution in [0.25, 0.3) is 0 Å². The van der Waals surface area contributed by atoms with Crippen molar-refractivity contribution in [1.82, 2.24) is 4.98 Å². The number of rotatable bonds is 2. The molecule has 0 aliphatic carbocycles. The third kappa shape index (κ3) is 2.12. The first-order valence-corrected chi connectivity index (χ1v) is 7.00. The Morgan fingerprint density at radius 2 is 1.75 bits per heavy atom. The first-order valence-electron chi connectivity index (χ1n) is 7.00. The van der Waals surface area contributed by atoms with Gasteiger partial charge in [0.1, 0.15) is 0 Å². The van der Waals surface area contributed by atoms with Gasteiger partial charge in [0.05, 0.1) is 30.0 Å². The number of nitrogens with two attached hydrogens (primary N) is 1. The van der Waals surface area contributed by atoms with E-state index in [0.717, 1.165) is 18.9 Å². The Labute approximate surface area is 119 Å².